The van der Waals surface area contributed by atoms with E-state index >= 15 is 0 Å². The van der Waals surface area contributed by atoms with Crippen LogP contribution in [-0.2, 0) is 15.6 Å². The lowest BCUT2D eigenvalue weighted by Crippen LogP contribution is -2.42. The van der Waals surface area contributed by atoms with Gasteiger partial charge in [-0.15, -0.1) is 0 Å². The summed E-state index contributed by atoms with van der Waals surface area (Å²) < 4.78 is 11.1. The van der Waals surface area contributed by atoms with Crippen LogP contribution in [0.2, 0.25) is 0 Å². The Labute approximate surface area is 98.9 Å². The third kappa shape index (κ3) is 3.93. The van der Waals surface area contributed by atoms with Crippen LogP contribution in [0.25, 0.3) is 0 Å². The van der Waals surface area contributed by atoms with Gasteiger partial charge in [-0.05, 0) is 19.3 Å². The van der Waals surface area contributed by atoms with Crippen molar-refractivity contribution in [3.05, 3.63) is 0 Å². The molecule has 1 atom stereocenters. The predicted octanol–water partition coefficient (Wildman–Crippen LogP) is 0.954. The first-order valence-electron chi connectivity index (χ1n) is 5.72. The molecule has 1 N–H and O–H groups in total. The maximum absolute atomic E-state index is 11.7. The van der Waals surface area contributed by atoms with E-state index in [0.29, 0.717) is 17.9 Å². The topological polar surface area (TPSA) is 70.0 Å². The van der Waals surface area contributed by atoms with Crippen LogP contribution in [0.1, 0.15) is 32.6 Å². The lowest BCUT2D eigenvalue weighted by molar-refractivity contribution is -0.124. The molecule has 0 aliphatic carbocycles. The van der Waals surface area contributed by atoms with Crippen LogP contribution in [0.4, 0.5) is 0 Å². The van der Waals surface area contributed by atoms with E-state index in [1.165, 1.54) is 0 Å². The van der Waals surface area contributed by atoms with E-state index < -0.39 is 16.7 Å². The van der Waals surface area contributed by atoms with Crippen LogP contribution >= 0.6 is 0 Å². The van der Waals surface area contributed by atoms with Crippen molar-refractivity contribution >= 4 is 16.7 Å². The van der Waals surface area contributed by atoms with E-state index in [1.54, 1.807) is 0 Å². The minimum Gasteiger partial charge on any atom is -0.352 e. The Kier molecular flexibility index (Phi) is 5.47. The summed E-state index contributed by atoms with van der Waals surface area (Å²) in [6.07, 6.45) is 2.98. The first-order chi connectivity index (χ1) is 7.67. The van der Waals surface area contributed by atoms with Crippen molar-refractivity contribution in [2.45, 2.75) is 38.6 Å². The lowest BCUT2D eigenvalue weighted by atomic mass is 10.0. The summed E-state index contributed by atoms with van der Waals surface area (Å²) >= 11 is 0. The predicted molar refractivity (Wildman–Crippen MR) is 63.1 cm³/mol. The fraction of sp³-hybridized carbons (Fsp3) is 0.818. The van der Waals surface area contributed by atoms with Gasteiger partial charge in [0.2, 0.25) is 5.91 Å². The molecule has 1 aliphatic heterocycles. The molecule has 0 radical (unpaired) electrons. The maximum Gasteiger partial charge on any atom is 0.237 e. The van der Waals surface area contributed by atoms with Crippen molar-refractivity contribution in [3.8, 4) is 6.07 Å². The van der Waals surface area contributed by atoms with E-state index in [0.717, 1.165) is 19.3 Å². The second kappa shape index (κ2) is 6.64. The molecule has 0 aromatic heterocycles. The Morgan fingerprint density at radius 2 is 2.19 bits per heavy atom. The standard InChI is InChI=1S/C11H18N2O2S/c1-2-3-9(8-12)11(14)13-10-4-6-16(15)7-5-10/h9-10H,2-7H2,1H3,(H,13,14). The molecule has 0 spiro atoms. The van der Waals surface area contributed by atoms with Gasteiger partial charge in [0, 0.05) is 28.3 Å². The number of nitriles is 1. The zero-order valence-electron chi connectivity index (χ0n) is 9.57. The van der Waals surface area contributed by atoms with Gasteiger partial charge < -0.3 is 5.32 Å². The first-order valence-corrected chi connectivity index (χ1v) is 7.21. The van der Waals surface area contributed by atoms with Crippen LogP contribution in [0.3, 0.4) is 0 Å². The third-order valence-electron chi connectivity index (χ3n) is 2.78. The molecule has 1 saturated heterocycles. The molecule has 1 amide bonds. The number of carbonyl (C=O) groups is 1. The fourth-order valence-corrected chi connectivity index (χ4v) is 3.08. The highest BCUT2D eigenvalue weighted by molar-refractivity contribution is 7.85. The largest absolute Gasteiger partial charge is 0.352 e. The molecule has 16 heavy (non-hydrogen) atoms. The van der Waals surface area contributed by atoms with E-state index in [2.05, 4.69) is 5.32 Å². The average Bonchev–Trinajstić information content (AvgIpc) is 2.29. The van der Waals surface area contributed by atoms with Gasteiger partial charge in [0.1, 0.15) is 5.92 Å². The van der Waals surface area contributed by atoms with E-state index in [-0.39, 0.29) is 11.9 Å². The normalized spacial score (nSPS) is 26.8. The zero-order chi connectivity index (χ0) is 12.0. The molecule has 1 rings (SSSR count). The molecule has 1 fully saturated rings. The summed E-state index contributed by atoms with van der Waals surface area (Å²) in [6.45, 7) is 1.96. The van der Waals surface area contributed by atoms with E-state index in [1.807, 2.05) is 13.0 Å². The van der Waals surface area contributed by atoms with Gasteiger partial charge in [-0.2, -0.15) is 5.26 Å². The number of hydrogen-bond donors (Lipinski definition) is 1. The third-order valence-corrected chi connectivity index (χ3v) is 4.17. The monoisotopic (exact) mass is 242 g/mol. The number of carbonyl (C=O) groups excluding carboxylic acids is 1. The van der Waals surface area contributed by atoms with Gasteiger partial charge in [0.15, 0.2) is 0 Å². The van der Waals surface area contributed by atoms with E-state index in [4.69, 9.17) is 5.26 Å². The number of amides is 1. The van der Waals surface area contributed by atoms with Crippen molar-refractivity contribution in [1.29, 1.82) is 5.26 Å². The Hall–Kier alpha value is -0.890. The van der Waals surface area contributed by atoms with Crippen LogP contribution in [0, 0.1) is 17.2 Å². The molecule has 90 valence electrons. The highest BCUT2D eigenvalue weighted by atomic mass is 32.2. The van der Waals surface area contributed by atoms with Crippen LogP contribution in [0.15, 0.2) is 0 Å². The molecule has 1 heterocycles. The van der Waals surface area contributed by atoms with Crippen molar-refractivity contribution in [2.24, 2.45) is 5.92 Å². The first kappa shape index (κ1) is 13.2. The average molecular weight is 242 g/mol. The van der Waals surface area contributed by atoms with Gasteiger partial charge in [-0.25, -0.2) is 0 Å². The van der Waals surface area contributed by atoms with Crippen molar-refractivity contribution < 1.29 is 9.00 Å². The second-order valence-corrected chi connectivity index (χ2v) is 5.80. The summed E-state index contributed by atoms with van der Waals surface area (Å²) in [6, 6.07) is 2.14. The fourth-order valence-electron chi connectivity index (χ4n) is 1.78. The summed E-state index contributed by atoms with van der Waals surface area (Å²) in [5.74, 6) is 0.630. The quantitative estimate of drug-likeness (QED) is 0.798. The van der Waals surface area contributed by atoms with Gasteiger partial charge in [-0.1, -0.05) is 13.3 Å². The number of nitrogens with zero attached hydrogens (tertiary/aromatic N) is 1. The molecule has 5 heteroatoms. The SMILES string of the molecule is CCCC(C#N)C(=O)NC1CCS(=O)CC1. The summed E-state index contributed by atoms with van der Waals surface area (Å²) in [5.41, 5.74) is 0. The van der Waals surface area contributed by atoms with Crippen LogP contribution in [-0.4, -0.2) is 27.7 Å². The molecule has 0 saturated carbocycles. The van der Waals surface area contributed by atoms with Gasteiger partial charge in [0.25, 0.3) is 0 Å². The van der Waals surface area contributed by atoms with Gasteiger partial charge in [-0.3, -0.25) is 9.00 Å². The minimum absolute atomic E-state index is 0.109. The molecule has 1 unspecified atom stereocenters. The van der Waals surface area contributed by atoms with Gasteiger partial charge in [0.05, 0.1) is 6.07 Å². The molecule has 0 bridgehead atoms. The van der Waals surface area contributed by atoms with Crippen LogP contribution in [0.5, 0.6) is 0 Å². The van der Waals surface area contributed by atoms with Crippen molar-refractivity contribution in [2.75, 3.05) is 11.5 Å². The molecular formula is C11H18N2O2S. The number of hydrogen-bond acceptors (Lipinski definition) is 3. The number of nitrogens with one attached hydrogen (secondary N) is 1. The van der Waals surface area contributed by atoms with E-state index in [9.17, 15) is 9.00 Å². The zero-order valence-corrected chi connectivity index (χ0v) is 10.4. The molecular weight excluding hydrogens is 224 g/mol. The Morgan fingerprint density at radius 1 is 1.56 bits per heavy atom. The molecule has 4 nitrogen and oxygen atoms in total. The highest BCUT2D eigenvalue weighted by Crippen LogP contribution is 2.11. The Balaban J connectivity index is 2.38. The minimum atomic E-state index is -0.708. The smallest absolute Gasteiger partial charge is 0.237 e. The summed E-state index contributed by atoms with van der Waals surface area (Å²) in [7, 11) is -0.708. The number of rotatable bonds is 4. The molecule has 0 aromatic rings. The van der Waals surface area contributed by atoms with Crippen LogP contribution < -0.4 is 5.32 Å². The van der Waals surface area contributed by atoms with Gasteiger partial charge >= 0.3 is 0 Å². The second-order valence-electron chi connectivity index (χ2n) is 4.10. The molecule has 0 aromatic carbocycles. The summed E-state index contributed by atoms with van der Waals surface area (Å²) in [4.78, 5) is 11.7. The Morgan fingerprint density at radius 3 is 2.69 bits per heavy atom. The lowest BCUT2D eigenvalue weighted by Gasteiger charge is -2.23. The molecule has 1 aliphatic rings. The van der Waals surface area contributed by atoms with Crippen molar-refractivity contribution in [1.82, 2.24) is 5.32 Å². The summed E-state index contributed by atoms with van der Waals surface area (Å²) in [5, 5.41) is 11.7. The van der Waals surface area contributed by atoms with Crippen molar-refractivity contribution in [3.63, 3.8) is 0 Å². The highest BCUT2D eigenvalue weighted by Gasteiger charge is 2.23. The maximum atomic E-state index is 11.7. The Bertz CT molecular complexity index is 302.